The van der Waals surface area contributed by atoms with Crippen molar-refractivity contribution in [3.63, 3.8) is 0 Å². The number of nitrogens with zero attached hydrogens (tertiary/aromatic N) is 3. The van der Waals surface area contributed by atoms with Crippen molar-refractivity contribution in [2.75, 3.05) is 23.7 Å². The first-order valence-electron chi connectivity index (χ1n) is 9.31. The highest BCUT2D eigenvalue weighted by atomic mass is 19.4. The van der Waals surface area contributed by atoms with Crippen LogP contribution in [0.15, 0.2) is 42.7 Å². The summed E-state index contributed by atoms with van der Waals surface area (Å²) in [5, 5.41) is 18.9. The van der Waals surface area contributed by atoms with Gasteiger partial charge in [-0.3, -0.25) is 4.98 Å². The molecule has 29 heavy (non-hydrogen) atoms. The van der Waals surface area contributed by atoms with Gasteiger partial charge in [0.05, 0.1) is 24.6 Å². The molecule has 1 aliphatic rings. The summed E-state index contributed by atoms with van der Waals surface area (Å²) in [4.78, 5) is 8.37. The van der Waals surface area contributed by atoms with Crippen LogP contribution in [0, 0.1) is 5.92 Å². The number of halogens is 3. The Balaban J connectivity index is 0.000000251. The summed E-state index contributed by atoms with van der Waals surface area (Å²) in [6.07, 6.45) is -3.34. The van der Waals surface area contributed by atoms with Crippen molar-refractivity contribution in [1.29, 1.82) is 0 Å². The van der Waals surface area contributed by atoms with Gasteiger partial charge in [-0.2, -0.15) is 13.2 Å². The second-order valence-corrected chi connectivity index (χ2v) is 7.26. The van der Waals surface area contributed by atoms with E-state index in [0.29, 0.717) is 19.2 Å². The van der Waals surface area contributed by atoms with Gasteiger partial charge >= 0.3 is 6.18 Å². The fraction of sp³-hybridized carbons (Fsp3) is 0.500. The third-order valence-corrected chi connectivity index (χ3v) is 3.61. The second kappa shape index (κ2) is 11.6. The number of hydrogen-bond donors (Lipinski definition) is 3. The lowest BCUT2D eigenvalue weighted by Gasteiger charge is -2.34. The van der Waals surface area contributed by atoms with Crippen molar-refractivity contribution in [2.24, 2.45) is 5.92 Å². The Labute approximate surface area is 169 Å². The second-order valence-electron chi connectivity index (χ2n) is 7.26. The van der Waals surface area contributed by atoms with Crippen molar-refractivity contribution in [1.82, 2.24) is 9.97 Å². The first-order valence-corrected chi connectivity index (χ1v) is 9.31. The first kappa shape index (κ1) is 24.6. The molecule has 1 aliphatic heterocycles. The third kappa shape index (κ3) is 9.58. The number of anilines is 2. The number of nitrogens with two attached hydrogens (primary N) is 1. The summed E-state index contributed by atoms with van der Waals surface area (Å²) in [5.41, 5.74) is 5.02. The molecule has 162 valence electrons. The van der Waals surface area contributed by atoms with Gasteiger partial charge in [-0.05, 0) is 24.5 Å². The maximum Gasteiger partial charge on any atom is 0.434 e. The number of aliphatic hydroxyl groups is 2. The zero-order valence-electron chi connectivity index (χ0n) is 16.8. The van der Waals surface area contributed by atoms with E-state index in [4.69, 9.17) is 5.73 Å². The van der Waals surface area contributed by atoms with Gasteiger partial charge in [-0.15, -0.1) is 0 Å². The average Bonchev–Trinajstić information content (AvgIpc) is 2.64. The van der Waals surface area contributed by atoms with Crippen LogP contribution in [0.25, 0.3) is 0 Å². The molecule has 1 aromatic heterocycles. The lowest BCUT2D eigenvalue weighted by atomic mass is 10.0. The highest BCUT2D eigenvalue weighted by Gasteiger charge is 2.32. The molecule has 0 amide bonds. The van der Waals surface area contributed by atoms with Gasteiger partial charge in [0.1, 0.15) is 5.82 Å². The minimum Gasteiger partial charge on any atom is -0.390 e. The minimum atomic E-state index is -4.47. The molecular weight excluding hydrogens is 385 g/mol. The molecule has 0 radical (unpaired) electrons. The SMILES string of the molecule is CC(C)C.Nc1cncc(C(F)(F)F)n1.OC1CCN(c2ccccc2)CC1O. The number of piperidine rings is 1. The number of rotatable bonds is 1. The van der Waals surface area contributed by atoms with Gasteiger partial charge < -0.3 is 20.8 Å². The fourth-order valence-corrected chi connectivity index (χ4v) is 2.31. The standard InChI is InChI=1S/C11H15NO2.C5H4F3N3.C4H10/c13-10-6-7-12(8-11(10)14)9-4-2-1-3-5-9;6-5(7,8)3-1-10-2-4(9)11-3;1-4(2)3/h1-5,10-11,13-14H,6-8H2;1-2H,(H2,9,11);4H,1-3H3. The monoisotopic (exact) mass is 414 g/mol. The molecule has 0 spiro atoms. The third-order valence-electron chi connectivity index (χ3n) is 3.61. The van der Waals surface area contributed by atoms with Crippen molar-refractivity contribution >= 4 is 11.5 Å². The molecule has 9 heteroatoms. The maximum absolute atomic E-state index is 11.8. The molecule has 2 aromatic rings. The maximum atomic E-state index is 11.8. The van der Waals surface area contributed by atoms with E-state index < -0.39 is 24.1 Å². The summed E-state index contributed by atoms with van der Waals surface area (Å²) in [6.45, 7) is 7.83. The van der Waals surface area contributed by atoms with Crippen molar-refractivity contribution in [2.45, 2.75) is 45.6 Å². The number of aromatic nitrogens is 2. The number of nitrogen functional groups attached to an aromatic ring is 1. The highest BCUT2D eigenvalue weighted by molar-refractivity contribution is 5.46. The Morgan fingerprint density at radius 1 is 1.07 bits per heavy atom. The topological polar surface area (TPSA) is 95.5 Å². The van der Waals surface area contributed by atoms with Crippen molar-refractivity contribution in [3.8, 4) is 0 Å². The van der Waals surface area contributed by atoms with Crippen LogP contribution in [-0.2, 0) is 6.18 Å². The molecule has 1 saturated heterocycles. The normalized spacial score (nSPS) is 19.0. The van der Waals surface area contributed by atoms with Gasteiger partial charge in [0.25, 0.3) is 0 Å². The van der Waals surface area contributed by atoms with Crippen LogP contribution >= 0.6 is 0 Å². The quantitative estimate of drug-likeness (QED) is 0.662. The van der Waals surface area contributed by atoms with E-state index in [1.165, 1.54) is 0 Å². The predicted octanol–water partition coefficient (Wildman–Crippen LogP) is 3.36. The zero-order chi connectivity index (χ0) is 22.0. The summed E-state index contributed by atoms with van der Waals surface area (Å²) in [7, 11) is 0. The Bertz CT molecular complexity index is 712. The van der Waals surface area contributed by atoms with E-state index in [0.717, 1.165) is 24.3 Å². The molecule has 0 saturated carbocycles. The van der Waals surface area contributed by atoms with E-state index in [-0.39, 0.29) is 5.82 Å². The number of hydrogen-bond acceptors (Lipinski definition) is 6. The van der Waals surface area contributed by atoms with E-state index in [1.807, 2.05) is 30.3 Å². The summed E-state index contributed by atoms with van der Waals surface area (Å²) in [6, 6.07) is 9.97. The molecule has 1 aromatic carbocycles. The summed E-state index contributed by atoms with van der Waals surface area (Å²) in [5.74, 6) is 0.597. The molecule has 2 unspecified atom stereocenters. The fourth-order valence-electron chi connectivity index (χ4n) is 2.31. The van der Waals surface area contributed by atoms with Gasteiger partial charge in [-0.1, -0.05) is 39.0 Å². The van der Waals surface area contributed by atoms with Crippen LogP contribution < -0.4 is 10.6 Å². The van der Waals surface area contributed by atoms with E-state index in [1.54, 1.807) is 0 Å². The average molecular weight is 414 g/mol. The smallest absolute Gasteiger partial charge is 0.390 e. The van der Waals surface area contributed by atoms with Gasteiger partial charge in [0, 0.05) is 18.8 Å². The molecule has 0 aliphatic carbocycles. The van der Waals surface area contributed by atoms with Crippen molar-refractivity contribution < 1.29 is 23.4 Å². The summed E-state index contributed by atoms with van der Waals surface area (Å²) >= 11 is 0. The molecular formula is C20H29F3N4O2. The minimum absolute atomic E-state index is 0.236. The van der Waals surface area contributed by atoms with Crippen LogP contribution in [0.3, 0.4) is 0 Å². The van der Waals surface area contributed by atoms with Crippen LogP contribution in [0.2, 0.25) is 0 Å². The Hall–Kier alpha value is -2.39. The Morgan fingerprint density at radius 3 is 2.10 bits per heavy atom. The molecule has 3 rings (SSSR count). The zero-order valence-corrected chi connectivity index (χ0v) is 16.8. The molecule has 1 fully saturated rings. The molecule has 6 nitrogen and oxygen atoms in total. The first-order chi connectivity index (χ1) is 13.5. The van der Waals surface area contributed by atoms with Crippen LogP contribution in [-0.4, -0.2) is 45.5 Å². The van der Waals surface area contributed by atoms with Crippen LogP contribution in [0.1, 0.15) is 32.9 Å². The van der Waals surface area contributed by atoms with Gasteiger partial charge in [-0.25, -0.2) is 4.98 Å². The molecule has 2 atom stereocenters. The number of aliphatic hydroxyl groups excluding tert-OH is 2. The number of para-hydroxylation sites is 1. The van der Waals surface area contributed by atoms with E-state index in [9.17, 15) is 23.4 Å². The largest absolute Gasteiger partial charge is 0.434 e. The van der Waals surface area contributed by atoms with Crippen LogP contribution in [0.5, 0.6) is 0 Å². The molecule has 4 N–H and O–H groups in total. The Kier molecular flexibility index (Phi) is 9.84. The van der Waals surface area contributed by atoms with E-state index in [2.05, 4.69) is 35.6 Å². The number of alkyl halides is 3. The number of β-amino-alcohol motifs (C(OH)–C–C–N with tert-alkyl or cyclic N) is 1. The van der Waals surface area contributed by atoms with Crippen LogP contribution in [0.4, 0.5) is 24.7 Å². The van der Waals surface area contributed by atoms with E-state index >= 15 is 0 Å². The Morgan fingerprint density at radius 2 is 1.66 bits per heavy atom. The summed E-state index contributed by atoms with van der Waals surface area (Å²) < 4.78 is 35.4. The molecule has 0 bridgehead atoms. The predicted molar refractivity (Wildman–Crippen MR) is 107 cm³/mol. The lowest BCUT2D eigenvalue weighted by Crippen LogP contribution is -2.46. The highest BCUT2D eigenvalue weighted by Crippen LogP contribution is 2.26. The number of benzene rings is 1. The lowest BCUT2D eigenvalue weighted by molar-refractivity contribution is -0.141. The molecule has 2 heterocycles. The van der Waals surface area contributed by atoms with Gasteiger partial charge in [0.15, 0.2) is 5.69 Å². The van der Waals surface area contributed by atoms with Crippen molar-refractivity contribution in [3.05, 3.63) is 48.4 Å². The van der Waals surface area contributed by atoms with Gasteiger partial charge in [0.2, 0.25) is 0 Å².